The quantitative estimate of drug-likeness (QED) is 0.689. The van der Waals surface area contributed by atoms with E-state index in [0.717, 1.165) is 0 Å². The number of rotatable bonds is 4. The lowest BCUT2D eigenvalue weighted by Crippen LogP contribution is -2.07. The number of nitrogens with zero attached hydrogens (tertiary/aromatic N) is 3. The molecule has 1 N–H and O–H groups in total. The summed E-state index contributed by atoms with van der Waals surface area (Å²) in [6.45, 7) is 4.11. The van der Waals surface area contributed by atoms with Crippen molar-refractivity contribution < 1.29 is 4.92 Å². The molecule has 0 aliphatic heterocycles. The summed E-state index contributed by atoms with van der Waals surface area (Å²) in [4.78, 5) is 19.1. The maximum absolute atomic E-state index is 11.3. The number of nitro groups is 1. The number of aryl methyl sites for hydroxylation is 1. The molecule has 0 unspecified atom stereocenters. The van der Waals surface area contributed by atoms with Crippen molar-refractivity contribution >= 4 is 23.2 Å². The van der Waals surface area contributed by atoms with Crippen LogP contribution in [0.2, 0.25) is 5.02 Å². The SMILES string of the molecule is CCNc1nc(C)c([N+](=O)[O-])c(-c2ccccc2Cl)n1. The van der Waals surface area contributed by atoms with Crippen LogP contribution in [0.1, 0.15) is 12.6 Å². The maximum atomic E-state index is 11.3. The standard InChI is InChI=1S/C13H13ClN4O2/c1-3-15-13-16-8(2)12(18(19)20)11(17-13)9-6-4-5-7-10(9)14/h4-7H,3H2,1-2H3,(H,15,16,17). The molecule has 20 heavy (non-hydrogen) atoms. The van der Waals surface area contributed by atoms with E-state index in [2.05, 4.69) is 15.3 Å². The first-order chi connectivity index (χ1) is 9.54. The van der Waals surface area contributed by atoms with Crippen LogP contribution in [0.5, 0.6) is 0 Å². The zero-order valence-corrected chi connectivity index (χ0v) is 11.8. The largest absolute Gasteiger partial charge is 0.354 e. The minimum atomic E-state index is -0.482. The van der Waals surface area contributed by atoms with Crippen molar-refractivity contribution in [2.24, 2.45) is 0 Å². The van der Waals surface area contributed by atoms with Crippen LogP contribution < -0.4 is 5.32 Å². The fraction of sp³-hybridized carbons (Fsp3) is 0.231. The van der Waals surface area contributed by atoms with E-state index in [1.807, 2.05) is 6.92 Å². The summed E-state index contributed by atoms with van der Waals surface area (Å²) in [6, 6.07) is 6.89. The number of hydrogen-bond acceptors (Lipinski definition) is 5. The van der Waals surface area contributed by atoms with Gasteiger partial charge in [0, 0.05) is 12.1 Å². The number of hydrogen-bond donors (Lipinski definition) is 1. The van der Waals surface area contributed by atoms with E-state index >= 15 is 0 Å². The maximum Gasteiger partial charge on any atom is 0.316 e. The molecule has 1 heterocycles. The topological polar surface area (TPSA) is 81.0 Å². The Labute approximate surface area is 121 Å². The van der Waals surface area contributed by atoms with Gasteiger partial charge in [-0.1, -0.05) is 29.8 Å². The molecule has 0 spiro atoms. The third kappa shape index (κ3) is 2.70. The Morgan fingerprint density at radius 1 is 1.35 bits per heavy atom. The van der Waals surface area contributed by atoms with Gasteiger partial charge in [0.25, 0.3) is 0 Å². The lowest BCUT2D eigenvalue weighted by molar-refractivity contribution is -0.385. The number of aromatic nitrogens is 2. The van der Waals surface area contributed by atoms with E-state index in [0.29, 0.717) is 28.8 Å². The highest BCUT2D eigenvalue weighted by Crippen LogP contribution is 2.35. The average molecular weight is 293 g/mol. The Bertz CT molecular complexity index is 661. The molecular formula is C13H13ClN4O2. The first-order valence-corrected chi connectivity index (χ1v) is 6.44. The van der Waals surface area contributed by atoms with E-state index in [-0.39, 0.29) is 11.4 Å². The molecule has 0 saturated heterocycles. The molecule has 7 heteroatoms. The van der Waals surface area contributed by atoms with Gasteiger partial charge >= 0.3 is 5.69 Å². The fourth-order valence-corrected chi connectivity index (χ4v) is 2.09. The Morgan fingerprint density at radius 2 is 2.05 bits per heavy atom. The third-order valence-electron chi connectivity index (χ3n) is 2.70. The van der Waals surface area contributed by atoms with Crippen LogP contribution in [0.4, 0.5) is 11.6 Å². The summed E-state index contributed by atoms with van der Waals surface area (Å²) in [5.74, 6) is 0.352. The predicted molar refractivity (Wildman–Crippen MR) is 78.0 cm³/mol. The number of anilines is 1. The molecule has 6 nitrogen and oxygen atoms in total. The van der Waals surface area contributed by atoms with Crippen LogP contribution in [0.25, 0.3) is 11.3 Å². The van der Waals surface area contributed by atoms with Crippen LogP contribution in [-0.4, -0.2) is 21.4 Å². The molecule has 1 aromatic heterocycles. The lowest BCUT2D eigenvalue weighted by atomic mass is 10.1. The highest BCUT2D eigenvalue weighted by Gasteiger charge is 2.24. The van der Waals surface area contributed by atoms with Gasteiger partial charge in [0.05, 0.1) is 9.95 Å². The monoisotopic (exact) mass is 292 g/mol. The van der Waals surface area contributed by atoms with Gasteiger partial charge < -0.3 is 5.32 Å². The second kappa shape index (κ2) is 5.83. The molecule has 0 aliphatic carbocycles. The van der Waals surface area contributed by atoms with Gasteiger partial charge in [0.15, 0.2) is 5.69 Å². The second-order valence-corrected chi connectivity index (χ2v) is 4.50. The summed E-state index contributed by atoms with van der Waals surface area (Å²) in [7, 11) is 0. The molecule has 104 valence electrons. The van der Waals surface area contributed by atoms with E-state index < -0.39 is 4.92 Å². The molecule has 0 bridgehead atoms. The van der Waals surface area contributed by atoms with Crippen molar-refractivity contribution in [3.05, 3.63) is 45.1 Å². The molecule has 0 aliphatic rings. The molecule has 0 radical (unpaired) electrons. The van der Waals surface area contributed by atoms with Gasteiger partial charge in [-0.25, -0.2) is 9.97 Å². The lowest BCUT2D eigenvalue weighted by Gasteiger charge is -2.09. The molecule has 2 aromatic rings. The number of halogens is 1. The normalized spacial score (nSPS) is 10.3. The van der Waals surface area contributed by atoms with Crippen molar-refractivity contribution in [3.63, 3.8) is 0 Å². The van der Waals surface area contributed by atoms with Crippen LogP contribution in [-0.2, 0) is 0 Å². The zero-order valence-electron chi connectivity index (χ0n) is 11.1. The molecule has 0 fully saturated rings. The predicted octanol–water partition coefficient (Wildman–Crippen LogP) is 3.45. The summed E-state index contributed by atoms with van der Waals surface area (Å²) in [5, 5.41) is 14.6. The second-order valence-electron chi connectivity index (χ2n) is 4.10. The molecule has 1 aromatic carbocycles. The zero-order chi connectivity index (χ0) is 14.7. The van der Waals surface area contributed by atoms with Gasteiger partial charge in [-0.15, -0.1) is 0 Å². The molecule has 0 saturated carbocycles. The van der Waals surface area contributed by atoms with Crippen molar-refractivity contribution in [1.82, 2.24) is 9.97 Å². The first kappa shape index (κ1) is 14.2. The summed E-state index contributed by atoms with van der Waals surface area (Å²) >= 11 is 6.11. The van der Waals surface area contributed by atoms with Crippen LogP contribution in [0.3, 0.4) is 0 Å². The smallest absolute Gasteiger partial charge is 0.316 e. The number of nitrogens with one attached hydrogen (secondary N) is 1. The minimum Gasteiger partial charge on any atom is -0.354 e. The third-order valence-corrected chi connectivity index (χ3v) is 3.03. The van der Waals surface area contributed by atoms with Gasteiger partial charge in [-0.05, 0) is 19.9 Å². The summed E-state index contributed by atoms with van der Waals surface area (Å²) in [6.07, 6.45) is 0. The van der Waals surface area contributed by atoms with Gasteiger partial charge in [-0.2, -0.15) is 0 Å². The summed E-state index contributed by atoms with van der Waals surface area (Å²) in [5.41, 5.74) is 0.921. The van der Waals surface area contributed by atoms with E-state index in [9.17, 15) is 10.1 Å². The number of benzene rings is 1. The molecular weight excluding hydrogens is 280 g/mol. The van der Waals surface area contributed by atoms with E-state index in [1.54, 1.807) is 31.2 Å². The van der Waals surface area contributed by atoms with Crippen LogP contribution >= 0.6 is 11.6 Å². The van der Waals surface area contributed by atoms with Crippen LogP contribution in [0.15, 0.2) is 24.3 Å². The van der Waals surface area contributed by atoms with Gasteiger partial charge in [-0.3, -0.25) is 10.1 Å². The Morgan fingerprint density at radius 3 is 2.65 bits per heavy atom. The Kier molecular flexibility index (Phi) is 4.14. The first-order valence-electron chi connectivity index (χ1n) is 6.06. The molecule has 0 atom stereocenters. The average Bonchev–Trinajstić information content (AvgIpc) is 2.38. The highest BCUT2D eigenvalue weighted by atomic mass is 35.5. The Balaban J connectivity index is 2.71. The highest BCUT2D eigenvalue weighted by molar-refractivity contribution is 6.33. The fourth-order valence-electron chi connectivity index (χ4n) is 1.86. The van der Waals surface area contributed by atoms with E-state index in [1.165, 1.54) is 0 Å². The molecule has 2 rings (SSSR count). The minimum absolute atomic E-state index is 0.125. The Hall–Kier alpha value is -2.21. The molecule has 0 amide bonds. The van der Waals surface area contributed by atoms with Crippen molar-refractivity contribution in [1.29, 1.82) is 0 Å². The van der Waals surface area contributed by atoms with Crippen molar-refractivity contribution in [3.8, 4) is 11.3 Å². The van der Waals surface area contributed by atoms with Crippen molar-refractivity contribution in [2.45, 2.75) is 13.8 Å². The van der Waals surface area contributed by atoms with Crippen LogP contribution in [0, 0.1) is 17.0 Å². The van der Waals surface area contributed by atoms with E-state index in [4.69, 9.17) is 11.6 Å². The summed E-state index contributed by atoms with van der Waals surface area (Å²) < 4.78 is 0. The van der Waals surface area contributed by atoms with Crippen molar-refractivity contribution in [2.75, 3.05) is 11.9 Å². The van der Waals surface area contributed by atoms with Gasteiger partial charge in [0.1, 0.15) is 5.69 Å². The van der Waals surface area contributed by atoms with Gasteiger partial charge in [0.2, 0.25) is 5.95 Å².